The number of alkyl halides is 2. The molecule has 0 heterocycles. The summed E-state index contributed by atoms with van der Waals surface area (Å²) in [7, 11) is 0. The zero-order valence-corrected chi connectivity index (χ0v) is 9.36. The van der Waals surface area contributed by atoms with Crippen LogP contribution >= 0.6 is 23.2 Å². The molecular weight excluding hydrogens is 235 g/mol. The summed E-state index contributed by atoms with van der Waals surface area (Å²) >= 11 is 10.2. The molecule has 14 heavy (non-hydrogen) atoms. The second-order valence-corrected chi connectivity index (χ2v) is 3.19. The summed E-state index contributed by atoms with van der Waals surface area (Å²) in [6.07, 6.45) is 0. The first-order chi connectivity index (χ1) is 6.36. The van der Waals surface area contributed by atoms with Gasteiger partial charge in [-0.25, -0.2) is 0 Å². The van der Waals surface area contributed by atoms with E-state index in [-0.39, 0.29) is 11.8 Å². The monoisotopic (exact) mass is 246 g/mol. The molecular formula is C6H12Cl2N2O4. The van der Waals surface area contributed by atoms with E-state index in [9.17, 15) is 20.2 Å². The lowest BCUT2D eigenvalue weighted by Gasteiger charge is -1.93. The highest BCUT2D eigenvalue weighted by atomic mass is 35.5. The molecule has 2 unspecified atom stereocenters. The van der Waals surface area contributed by atoms with E-state index in [1.165, 1.54) is 13.8 Å². The lowest BCUT2D eigenvalue weighted by atomic mass is 10.4. The molecule has 8 heteroatoms. The van der Waals surface area contributed by atoms with Crippen molar-refractivity contribution in [1.29, 1.82) is 0 Å². The van der Waals surface area contributed by atoms with Crippen LogP contribution < -0.4 is 0 Å². The van der Waals surface area contributed by atoms with Gasteiger partial charge in [0.05, 0.1) is 11.8 Å². The minimum absolute atomic E-state index is 0.0903. The van der Waals surface area contributed by atoms with Crippen LogP contribution in [0, 0.1) is 20.2 Å². The fourth-order valence-electron chi connectivity index (χ4n) is 0.113. The van der Waals surface area contributed by atoms with E-state index in [1.807, 2.05) is 0 Å². The van der Waals surface area contributed by atoms with E-state index in [0.29, 0.717) is 0 Å². The molecule has 0 radical (unpaired) electrons. The van der Waals surface area contributed by atoms with Gasteiger partial charge in [0.2, 0.25) is 12.1 Å². The molecule has 0 bridgehead atoms. The molecule has 84 valence electrons. The van der Waals surface area contributed by atoms with Gasteiger partial charge >= 0.3 is 0 Å². The summed E-state index contributed by atoms with van der Waals surface area (Å²) in [5, 5.41) is 19.3. The Morgan fingerprint density at radius 3 is 1.21 bits per heavy atom. The summed E-state index contributed by atoms with van der Waals surface area (Å²) < 4.78 is 0. The molecule has 0 N–H and O–H groups in total. The molecule has 0 rings (SSSR count). The van der Waals surface area contributed by atoms with Crippen molar-refractivity contribution in [1.82, 2.24) is 0 Å². The van der Waals surface area contributed by atoms with E-state index >= 15 is 0 Å². The van der Waals surface area contributed by atoms with Gasteiger partial charge in [-0.15, -0.1) is 23.2 Å². The van der Waals surface area contributed by atoms with Gasteiger partial charge < -0.3 is 0 Å². The zero-order valence-electron chi connectivity index (χ0n) is 7.85. The summed E-state index contributed by atoms with van der Waals surface area (Å²) in [4.78, 5) is 18.5. The van der Waals surface area contributed by atoms with Crippen molar-refractivity contribution < 1.29 is 9.85 Å². The highest BCUT2D eigenvalue weighted by Crippen LogP contribution is 1.89. The molecule has 0 aromatic carbocycles. The molecule has 0 aliphatic carbocycles. The zero-order chi connectivity index (χ0) is 11.7. The fraction of sp³-hybridized carbons (Fsp3) is 1.00. The lowest BCUT2D eigenvalue weighted by molar-refractivity contribution is -0.512. The molecule has 0 fully saturated rings. The summed E-state index contributed by atoms with van der Waals surface area (Å²) in [5.74, 6) is 0.181. The van der Waals surface area contributed by atoms with Crippen LogP contribution in [-0.4, -0.2) is 33.7 Å². The van der Waals surface area contributed by atoms with Crippen LogP contribution in [0.25, 0.3) is 0 Å². The van der Waals surface area contributed by atoms with Crippen LogP contribution in [0.4, 0.5) is 0 Å². The van der Waals surface area contributed by atoms with Gasteiger partial charge in [0.15, 0.2) is 0 Å². The molecule has 0 aliphatic rings. The normalized spacial score (nSPS) is 13.4. The number of nitrogens with zero attached hydrogens (tertiary/aromatic N) is 2. The third-order valence-electron chi connectivity index (χ3n) is 1.17. The molecule has 0 amide bonds. The Balaban J connectivity index is 0. The molecule has 0 aromatic rings. The standard InChI is InChI=1S/2C3H6ClNO2/c2*1-3(2-4)5(6)7/h2*3H,2H2,1H3. The van der Waals surface area contributed by atoms with Crippen LogP contribution in [0.3, 0.4) is 0 Å². The first-order valence-electron chi connectivity index (χ1n) is 3.75. The van der Waals surface area contributed by atoms with E-state index in [2.05, 4.69) is 0 Å². The summed E-state index contributed by atoms with van der Waals surface area (Å²) in [5.41, 5.74) is 0. The quantitative estimate of drug-likeness (QED) is 0.430. The molecule has 0 saturated carbocycles. The van der Waals surface area contributed by atoms with E-state index < -0.39 is 21.9 Å². The maximum atomic E-state index is 9.65. The molecule has 0 saturated heterocycles. The second kappa shape index (κ2) is 8.96. The first kappa shape index (κ1) is 15.8. The van der Waals surface area contributed by atoms with Gasteiger partial charge in [0.25, 0.3) is 0 Å². The Hall–Kier alpha value is -0.620. The number of nitro groups is 2. The van der Waals surface area contributed by atoms with Crippen LogP contribution in [0.1, 0.15) is 13.8 Å². The Morgan fingerprint density at radius 1 is 1.00 bits per heavy atom. The third-order valence-corrected chi connectivity index (χ3v) is 2.06. The maximum absolute atomic E-state index is 9.65. The van der Waals surface area contributed by atoms with E-state index in [1.54, 1.807) is 0 Å². The second-order valence-electron chi connectivity index (χ2n) is 2.58. The SMILES string of the molecule is CC(CCl)[N+](=O)[O-].CC(CCl)[N+](=O)[O-]. The van der Waals surface area contributed by atoms with Gasteiger partial charge in [0, 0.05) is 23.7 Å². The molecule has 6 nitrogen and oxygen atoms in total. The van der Waals surface area contributed by atoms with Crippen molar-refractivity contribution in [2.45, 2.75) is 25.9 Å². The smallest absolute Gasteiger partial charge is 0.223 e. The average molecular weight is 247 g/mol. The van der Waals surface area contributed by atoms with Crippen molar-refractivity contribution in [3.8, 4) is 0 Å². The van der Waals surface area contributed by atoms with Crippen LogP contribution in [0.2, 0.25) is 0 Å². The minimum atomic E-state index is -0.610. The van der Waals surface area contributed by atoms with Gasteiger partial charge in [-0.3, -0.25) is 20.2 Å². The first-order valence-corrected chi connectivity index (χ1v) is 4.82. The third kappa shape index (κ3) is 9.47. The predicted octanol–water partition coefficient (Wildman–Crippen LogP) is 1.78. The van der Waals surface area contributed by atoms with Crippen LogP contribution in [0.15, 0.2) is 0 Å². The van der Waals surface area contributed by atoms with Crippen molar-refractivity contribution >= 4 is 23.2 Å². The Bertz CT molecular complexity index is 171. The maximum Gasteiger partial charge on any atom is 0.223 e. The Morgan fingerprint density at radius 2 is 1.21 bits per heavy atom. The number of halogens is 2. The number of hydrogen-bond acceptors (Lipinski definition) is 4. The molecule has 0 aromatic heterocycles. The Labute approximate surface area is 91.5 Å². The summed E-state index contributed by atoms with van der Waals surface area (Å²) in [6.45, 7) is 2.93. The molecule has 2 atom stereocenters. The highest BCUT2D eigenvalue weighted by molar-refractivity contribution is 6.18. The van der Waals surface area contributed by atoms with E-state index in [0.717, 1.165) is 0 Å². The minimum Gasteiger partial charge on any atom is -0.264 e. The molecule has 0 aliphatic heterocycles. The van der Waals surface area contributed by atoms with Gasteiger partial charge in [-0.05, 0) is 0 Å². The topological polar surface area (TPSA) is 86.3 Å². The predicted molar refractivity (Wildman–Crippen MR) is 54.4 cm³/mol. The summed E-state index contributed by atoms with van der Waals surface area (Å²) in [6, 6.07) is -1.22. The van der Waals surface area contributed by atoms with Crippen molar-refractivity contribution in [3.63, 3.8) is 0 Å². The number of rotatable bonds is 4. The van der Waals surface area contributed by atoms with Gasteiger partial charge in [-0.1, -0.05) is 0 Å². The lowest BCUT2D eigenvalue weighted by Crippen LogP contribution is -2.15. The van der Waals surface area contributed by atoms with Crippen molar-refractivity contribution in [3.05, 3.63) is 20.2 Å². The Kier molecular flexibility index (Phi) is 10.1. The number of hydrogen-bond donors (Lipinski definition) is 0. The van der Waals surface area contributed by atoms with Crippen molar-refractivity contribution in [2.24, 2.45) is 0 Å². The van der Waals surface area contributed by atoms with E-state index in [4.69, 9.17) is 23.2 Å². The average Bonchev–Trinajstić information content (AvgIpc) is 2.15. The van der Waals surface area contributed by atoms with Gasteiger partial charge in [-0.2, -0.15) is 0 Å². The fourth-order valence-corrected chi connectivity index (χ4v) is 0.338. The van der Waals surface area contributed by atoms with Crippen LogP contribution in [-0.2, 0) is 0 Å². The van der Waals surface area contributed by atoms with Crippen molar-refractivity contribution in [2.75, 3.05) is 11.8 Å². The van der Waals surface area contributed by atoms with Crippen LogP contribution in [0.5, 0.6) is 0 Å². The van der Waals surface area contributed by atoms with Gasteiger partial charge in [0.1, 0.15) is 0 Å². The molecule has 0 spiro atoms. The largest absolute Gasteiger partial charge is 0.264 e. The highest BCUT2D eigenvalue weighted by Gasteiger charge is 2.08.